The number of likely N-dealkylation sites (tertiary alicyclic amines) is 1. The Morgan fingerprint density at radius 3 is 2.76 bits per heavy atom. The van der Waals surface area contributed by atoms with Gasteiger partial charge in [-0.2, -0.15) is 0 Å². The van der Waals surface area contributed by atoms with Crippen LogP contribution in [0.5, 0.6) is 0 Å². The molecular formula is C13H26N2O2. The topological polar surface area (TPSA) is 52.6 Å². The average molecular weight is 242 g/mol. The van der Waals surface area contributed by atoms with Gasteiger partial charge in [-0.05, 0) is 46.6 Å². The first kappa shape index (κ1) is 14.5. The van der Waals surface area contributed by atoms with E-state index in [1.165, 1.54) is 0 Å². The number of aliphatic hydroxyl groups is 1. The Balaban J connectivity index is 2.57. The van der Waals surface area contributed by atoms with Crippen LogP contribution >= 0.6 is 0 Å². The van der Waals surface area contributed by atoms with Crippen LogP contribution < -0.4 is 5.32 Å². The molecule has 1 rings (SSSR count). The summed E-state index contributed by atoms with van der Waals surface area (Å²) in [5, 5.41) is 12.3. The van der Waals surface area contributed by atoms with Gasteiger partial charge in [0.05, 0.1) is 12.6 Å². The summed E-state index contributed by atoms with van der Waals surface area (Å²) in [7, 11) is 0. The molecule has 1 saturated heterocycles. The highest BCUT2D eigenvalue weighted by atomic mass is 16.3. The van der Waals surface area contributed by atoms with Crippen LogP contribution in [0.15, 0.2) is 0 Å². The molecule has 1 heterocycles. The van der Waals surface area contributed by atoms with Gasteiger partial charge >= 0.3 is 0 Å². The van der Waals surface area contributed by atoms with Crippen molar-refractivity contribution >= 4 is 5.91 Å². The summed E-state index contributed by atoms with van der Waals surface area (Å²) in [6, 6.07) is 0.000892. The Labute approximate surface area is 104 Å². The van der Waals surface area contributed by atoms with E-state index in [0.717, 1.165) is 25.8 Å². The minimum absolute atomic E-state index is 0.0669. The molecule has 0 radical (unpaired) electrons. The smallest absolute Gasteiger partial charge is 0.237 e. The second kappa shape index (κ2) is 5.83. The van der Waals surface area contributed by atoms with Gasteiger partial charge < -0.3 is 10.4 Å². The maximum atomic E-state index is 12.1. The highest BCUT2D eigenvalue weighted by Gasteiger charge is 2.32. The predicted molar refractivity (Wildman–Crippen MR) is 68.8 cm³/mol. The number of hydrogen-bond donors (Lipinski definition) is 2. The minimum Gasteiger partial charge on any atom is -0.395 e. The van der Waals surface area contributed by atoms with Gasteiger partial charge in [0.15, 0.2) is 0 Å². The van der Waals surface area contributed by atoms with Gasteiger partial charge in [0.1, 0.15) is 0 Å². The molecule has 100 valence electrons. The number of carbonyl (C=O) groups excluding carboxylic acids is 1. The molecule has 1 aliphatic rings. The van der Waals surface area contributed by atoms with Crippen LogP contribution in [0, 0.1) is 0 Å². The van der Waals surface area contributed by atoms with Crippen LogP contribution in [0.4, 0.5) is 0 Å². The fourth-order valence-electron chi connectivity index (χ4n) is 2.24. The third-order valence-electron chi connectivity index (χ3n) is 3.86. The van der Waals surface area contributed by atoms with Crippen molar-refractivity contribution in [3.05, 3.63) is 0 Å². The molecule has 0 saturated carbocycles. The van der Waals surface area contributed by atoms with Gasteiger partial charge in [-0.3, -0.25) is 9.69 Å². The van der Waals surface area contributed by atoms with E-state index in [2.05, 4.69) is 17.1 Å². The second-order valence-electron chi connectivity index (χ2n) is 5.62. The molecule has 1 fully saturated rings. The van der Waals surface area contributed by atoms with Crippen LogP contribution in [-0.2, 0) is 4.79 Å². The van der Waals surface area contributed by atoms with E-state index in [-0.39, 0.29) is 30.1 Å². The number of carbonyl (C=O) groups is 1. The van der Waals surface area contributed by atoms with Crippen molar-refractivity contribution in [3.8, 4) is 0 Å². The lowest BCUT2D eigenvalue weighted by atomic mass is 10.0. The van der Waals surface area contributed by atoms with Gasteiger partial charge in [0.2, 0.25) is 5.91 Å². The number of hydrogen-bond acceptors (Lipinski definition) is 3. The SMILES string of the molecule is CCC(C)(C)NC(=O)C(C)N1CCC[C@@H]1CO. The van der Waals surface area contributed by atoms with Crippen molar-refractivity contribution in [1.82, 2.24) is 10.2 Å². The van der Waals surface area contributed by atoms with Crippen molar-refractivity contribution < 1.29 is 9.90 Å². The summed E-state index contributed by atoms with van der Waals surface area (Å²) in [6.45, 7) is 9.11. The van der Waals surface area contributed by atoms with E-state index in [4.69, 9.17) is 0 Å². The monoisotopic (exact) mass is 242 g/mol. The Bertz CT molecular complexity index is 266. The zero-order valence-electron chi connectivity index (χ0n) is 11.5. The Kier molecular flexibility index (Phi) is 4.95. The minimum atomic E-state index is -0.153. The van der Waals surface area contributed by atoms with Gasteiger partial charge in [0, 0.05) is 11.6 Å². The highest BCUT2D eigenvalue weighted by molar-refractivity contribution is 5.82. The summed E-state index contributed by atoms with van der Waals surface area (Å²) in [6.07, 6.45) is 2.97. The standard InChI is InChI=1S/C13H26N2O2/c1-5-13(3,4)14-12(17)10(2)15-8-6-7-11(15)9-16/h10-11,16H,5-9H2,1-4H3,(H,14,17)/t10?,11-/m1/s1. The normalized spacial score (nSPS) is 23.7. The number of amides is 1. The quantitative estimate of drug-likeness (QED) is 0.760. The second-order valence-corrected chi connectivity index (χ2v) is 5.62. The fourth-order valence-corrected chi connectivity index (χ4v) is 2.24. The third kappa shape index (κ3) is 3.68. The number of rotatable bonds is 5. The number of aliphatic hydroxyl groups excluding tert-OH is 1. The predicted octanol–water partition coefficient (Wildman–Crippen LogP) is 1.14. The lowest BCUT2D eigenvalue weighted by Crippen LogP contribution is -2.53. The summed E-state index contributed by atoms with van der Waals surface area (Å²) in [5.41, 5.74) is -0.153. The first-order chi connectivity index (χ1) is 7.91. The van der Waals surface area contributed by atoms with Crippen LogP contribution in [0.3, 0.4) is 0 Å². The molecule has 0 aromatic heterocycles. The van der Waals surface area contributed by atoms with Crippen molar-refractivity contribution in [1.29, 1.82) is 0 Å². The summed E-state index contributed by atoms with van der Waals surface area (Å²) in [5.74, 6) is 0.0669. The van der Waals surface area contributed by atoms with Crippen molar-refractivity contribution in [2.24, 2.45) is 0 Å². The molecule has 0 aliphatic carbocycles. The number of nitrogens with one attached hydrogen (secondary N) is 1. The van der Waals surface area contributed by atoms with Gasteiger partial charge in [-0.15, -0.1) is 0 Å². The molecule has 0 aromatic carbocycles. The van der Waals surface area contributed by atoms with Crippen molar-refractivity contribution in [2.75, 3.05) is 13.2 Å². The Morgan fingerprint density at radius 1 is 1.59 bits per heavy atom. The van der Waals surface area contributed by atoms with Crippen LogP contribution in [-0.4, -0.2) is 46.7 Å². The Morgan fingerprint density at radius 2 is 2.24 bits per heavy atom. The van der Waals surface area contributed by atoms with Crippen molar-refractivity contribution in [2.45, 2.75) is 64.6 Å². The van der Waals surface area contributed by atoms with E-state index in [1.54, 1.807) is 0 Å². The van der Waals surface area contributed by atoms with E-state index < -0.39 is 0 Å². The summed E-state index contributed by atoms with van der Waals surface area (Å²) < 4.78 is 0. The zero-order chi connectivity index (χ0) is 13.1. The van der Waals surface area contributed by atoms with E-state index in [1.807, 2.05) is 20.8 Å². The first-order valence-corrected chi connectivity index (χ1v) is 6.60. The number of nitrogens with zero attached hydrogens (tertiary/aromatic N) is 1. The van der Waals surface area contributed by atoms with Crippen LogP contribution in [0.1, 0.15) is 47.0 Å². The van der Waals surface area contributed by atoms with Gasteiger partial charge in [-0.25, -0.2) is 0 Å². The fraction of sp³-hybridized carbons (Fsp3) is 0.923. The molecule has 0 aromatic rings. The molecule has 2 atom stereocenters. The molecule has 0 spiro atoms. The Hall–Kier alpha value is -0.610. The van der Waals surface area contributed by atoms with Crippen molar-refractivity contribution in [3.63, 3.8) is 0 Å². The van der Waals surface area contributed by atoms with Gasteiger partial charge in [-0.1, -0.05) is 6.92 Å². The maximum absolute atomic E-state index is 12.1. The van der Waals surface area contributed by atoms with Crippen LogP contribution in [0.2, 0.25) is 0 Å². The largest absolute Gasteiger partial charge is 0.395 e. The molecule has 0 bridgehead atoms. The molecule has 1 unspecified atom stereocenters. The van der Waals surface area contributed by atoms with E-state index >= 15 is 0 Å². The third-order valence-corrected chi connectivity index (χ3v) is 3.86. The zero-order valence-corrected chi connectivity index (χ0v) is 11.5. The molecule has 1 aliphatic heterocycles. The lowest BCUT2D eigenvalue weighted by molar-refractivity contribution is -0.128. The first-order valence-electron chi connectivity index (χ1n) is 6.60. The summed E-state index contributed by atoms with van der Waals surface area (Å²) >= 11 is 0. The lowest BCUT2D eigenvalue weighted by Gasteiger charge is -2.32. The maximum Gasteiger partial charge on any atom is 0.237 e. The molecule has 4 nitrogen and oxygen atoms in total. The average Bonchev–Trinajstić information content (AvgIpc) is 2.75. The molecule has 2 N–H and O–H groups in total. The molecule has 1 amide bonds. The highest BCUT2D eigenvalue weighted by Crippen LogP contribution is 2.20. The van der Waals surface area contributed by atoms with Crippen LogP contribution in [0.25, 0.3) is 0 Å². The summed E-state index contributed by atoms with van der Waals surface area (Å²) in [4.78, 5) is 14.2. The van der Waals surface area contributed by atoms with E-state index in [0.29, 0.717) is 0 Å². The molecular weight excluding hydrogens is 216 g/mol. The van der Waals surface area contributed by atoms with E-state index in [9.17, 15) is 9.90 Å². The molecule has 4 heteroatoms. The molecule has 17 heavy (non-hydrogen) atoms. The van der Waals surface area contributed by atoms with Gasteiger partial charge in [0.25, 0.3) is 0 Å².